The third kappa shape index (κ3) is 3.78. The van der Waals surface area contributed by atoms with Crippen molar-refractivity contribution in [2.75, 3.05) is 0 Å². The number of allylic oxidation sites excluding steroid dienone is 4. The molecule has 1 aliphatic carbocycles. The van der Waals surface area contributed by atoms with Crippen LogP contribution in [0, 0.1) is 0 Å². The molecule has 0 aromatic heterocycles. The zero-order valence-corrected chi connectivity index (χ0v) is 17.3. The third-order valence-electron chi connectivity index (χ3n) is 5.50. The molecule has 2 N–H and O–H groups in total. The molecule has 29 heavy (non-hydrogen) atoms. The average molecular weight is 398 g/mol. The molecule has 0 aromatic rings. The highest BCUT2D eigenvalue weighted by Gasteiger charge is 2.53. The molecule has 6 heteroatoms. The smallest absolute Gasteiger partial charge is 0.343 e. The van der Waals surface area contributed by atoms with Gasteiger partial charge in [0, 0.05) is 11.1 Å². The number of ether oxygens (including phenoxy) is 2. The summed E-state index contributed by atoms with van der Waals surface area (Å²) in [6, 6.07) is 0. The Bertz CT molecular complexity index is 954. The number of rotatable bonds is 5. The molecule has 0 amide bonds. The summed E-state index contributed by atoms with van der Waals surface area (Å²) in [5.41, 5.74) is 0.152. The fraction of sp³-hybridized carbons (Fsp3) is 0.391. The number of hydrogen-bond donors (Lipinski definition) is 2. The van der Waals surface area contributed by atoms with Crippen LogP contribution in [0.5, 0.6) is 0 Å². The summed E-state index contributed by atoms with van der Waals surface area (Å²) >= 11 is 0. The number of aliphatic hydroxyl groups excluding tert-OH is 1. The molecule has 3 aliphatic rings. The number of carbonyl (C=O) groups is 2. The van der Waals surface area contributed by atoms with Crippen molar-refractivity contribution in [3.05, 3.63) is 70.3 Å². The normalized spacial score (nSPS) is 28.7. The molecule has 0 spiro atoms. The maximum atomic E-state index is 12.2. The van der Waals surface area contributed by atoms with Gasteiger partial charge in [0.05, 0.1) is 11.9 Å². The summed E-state index contributed by atoms with van der Waals surface area (Å²) in [5.74, 6) is -0.598. The lowest BCUT2D eigenvalue weighted by Gasteiger charge is -2.37. The number of ketones is 1. The molecule has 0 saturated carbocycles. The topological polar surface area (TPSA) is 93.1 Å². The maximum Gasteiger partial charge on any atom is 0.343 e. The Labute approximate surface area is 170 Å². The second kappa shape index (κ2) is 7.28. The van der Waals surface area contributed by atoms with Crippen LogP contribution in [0.25, 0.3) is 0 Å². The Morgan fingerprint density at radius 3 is 2.66 bits per heavy atom. The minimum Gasteiger partial charge on any atom is -0.465 e. The minimum atomic E-state index is -1.32. The first-order valence-corrected chi connectivity index (χ1v) is 9.56. The molecule has 3 rings (SSSR count). The molecular weight excluding hydrogens is 372 g/mol. The fourth-order valence-electron chi connectivity index (χ4n) is 3.62. The zero-order chi connectivity index (χ0) is 21.6. The lowest BCUT2D eigenvalue weighted by atomic mass is 9.76. The summed E-state index contributed by atoms with van der Waals surface area (Å²) in [6.07, 6.45) is 9.65. The molecule has 154 valence electrons. The van der Waals surface area contributed by atoms with E-state index in [1.807, 2.05) is 19.9 Å². The van der Waals surface area contributed by atoms with Crippen LogP contribution in [-0.2, 0) is 19.1 Å². The van der Waals surface area contributed by atoms with E-state index in [4.69, 9.17) is 9.47 Å². The van der Waals surface area contributed by atoms with Crippen LogP contribution in [-0.4, -0.2) is 39.3 Å². The highest BCUT2D eigenvalue weighted by molar-refractivity contribution is 6.19. The molecule has 0 saturated heterocycles. The van der Waals surface area contributed by atoms with Crippen molar-refractivity contribution in [1.29, 1.82) is 0 Å². The van der Waals surface area contributed by atoms with E-state index >= 15 is 0 Å². The van der Waals surface area contributed by atoms with Crippen LogP contribution in [0.3, 0.4) is 0 Å². The summed E-state index contributed by atoms with van der Waals surface area (Å²) in [4.78, 5) is 24.1. The molecule has 0 radical (unpaired) electrons. The lowest BCUT2D eigenvalue weighted by Crippen LogP contribution is -2.45. The van der Waals surface area contributed by atoms with Crippen molar-refractivity contribution in [1.82, 2.24) is 0 Å². The van der Waals surface area contributed by atoms with Crippen molar-refractivity contribution in [2.24, 2.45) is 0 Å². The van der Waals surface area contributed by atoms with E-state index in [9.17, 15) is 19.8 Å². The van der Waals surface area contributed by atoms with Crippen molar-refractivity contribution in [2.45, 2.75) is 58.3 Å². The van der Waals surface area contributed by atoms with Gasteiger partial charge in [-0.15, -0.1) is 0 Å². The van der Waals surface area contributed by atoms with Crippen molar-refractivity contribution in [3.8, 4) is 0 Å². The molecule has 3 atom stereocenters. The first-order chi connectivity index (χ1) is 13.5. The lowest BCUT2D eigenvalue weighted by molar-refractivity contribution is -0.152. The van der Waals surface area contributed by atoms with E-state index in [0.717, 1.165) is 5.57 Å². The SMILES string of the molecule is CC[C@](C)(O)/C=C(C)/C=C/C1=CC2=CC3=C(C(C)=O)C(=O)O[C@@]3(C)[C@H](O)C2=CO1. The molecule has 0 bridgehead atoms. The highest BCUT2D eigenvalue weighted by Crippen LogP contribution is 2.46. The summed E-state index contributed by atoms with van der Waals surface area (Å²) in [6.45, 7) is 8.42. The molecule has 0 unspecified atom stereocenters. The van der Waals surface area contributed by atoms with Gasteiger partial charge in [0.15, 0.2) is 11.4 Å². The van der Waals surface area contributed by atoms with Gasteiger partial charge in [-0.1, -0.05) is 24.6 Å². The van der Waals surface area contributed by atoms with E-state index in [0.29, 0.717) is 28.9 Å². The van der Waals surface area contributed by atoms with Gasteiger partial charge in [0.25, 0.3) is 0 Å². The first kappa shape index (κ1) is 21.0. The Morgan fingerprint density at radius 2 is 2.03 bits per heavy atom. The van der Waals surface area contributed by atoms with Crippen LogP contribution < -0.4 is 0 Å². The van der Waals surface area contributed by atoms with Crippen molar-refractivity contribution < 1.29 is 29.3 Å². The predicted octanol–water partition coefficient (Wildman–Crippen LogP) is 2.95. The summed E-state index contributed by atoms with van der Waals surface area (Å²) in [5, 5.41) is 21.0. The van der Waals surface area contributed by atoms with Crippen molar-refractivity contribution in [3.63, 3.8) is 0 Å². The predicted molar refractivity (Wildman–Crippen MR) is 107 cm³/mol. The van der Waals surface area contributed by atoms with Gasteiger partial charge in [-0.3, -0.25) is 4.79 Å². The molecule has 2 heterocycles. The minimum absolute atomic E-state index is 0.0318. The van der Waals surface area contributed by atoms with Crippen LogP contribution in [0.1, 0.15) is 41.0 Å². The van der Waals surface area contributed by atoms with Gasteiger partial charge < -0.3 is 19.7 Å². The Hall–Kier alpha value is -2.70. The van der Waals surface area contributed by atoms with Gasteiger partial charge in [0.1, 0.15) is 17.4 Å². The van der Waals surface area contributed by atoms with Crippen LogP contribution in [0.4, 0.5) is 0 Å². The second-order valence-electron chi connectivity index (χ2n) is 8.01. The molecule has 0 fully saturated rings. The number of carbonyl (C=O) groups excluding carboxylic acids is 2. The summed E-state index contributed by atoms with van der Waals surface area (Å²) < 4.78 is 11.0. The standard InChI is InChI=1S/C23H26O6/c1-6-22(4,27)11-13(2)7-8-16-9-15-10-18-19(14(3)24)21(26)29-23(18,5)20(25)17(15)12-28-16/h7-12,20,25,27H,6H2,1-5H3/b8-7+,13-11+/t20-,22+,23-/m1/s1. The molecular formula is C23H26O6. The molecule has 0 aromatic carbocycles. The Balaban J connectivity index is 1.97. The second-order valence-corrected chi connectivity index (χ2v) is 8.01. The highest BCUT2D eigenvalue weighted by atomic mass is 16.6. The third-order valence-corrected chi connectivity index (χ3v) is 5.50. The van der Waals surface area contributed by atoms with Gasteiger partial charge in [-0.2, -0.15) is 0 Å². The molecule has 6 nitrogen and oxygen atoms in total. The van der Waals surface area contributed by atoms with E-state index < -0.39 is 29.1 Å². The van der Waals surface area contributed by atoms with Crippen LogP contribution in [0.2, 0.25) is 0 Å². The van der Waals surface area contributed by atoms with E-state index in [2.05, 4.69) is 0 Å². The first-order valence-electron chi connectivity index (χ1n) is 9.56. The summed E-state index contributed by atoms with van der Waals surface area (Å²) in [7, 11) is 0. The number of hydrogen-bond acceptors (Lipinski definition) is 6. The Kier molecular flexibility index (Phi) is 5.28. The maximum absolute atomic E-state index is 12.2. The van der Waals surface area contributed by atoms with Gasteiger partial charge in [-0.05, 0) is 57.9 Å². The quantitative estimate of drug-likeness (QED) is 0.420. The Morgan fingerprint density at radius 1 is 1.34 bits per heavy atom. The molecule has 2 aliphatic heterocycles. The van der Waals surface area contributed by atoms with Gasteiger partial charge in [0.2, 0.25) is 0 Å². The monoisotopic (exact) mass is 398 g/mol. The van der Waals surface area contributed by atoms with Crippen LogP contribution >= 0.6 is 0 Å². The van der Waals surface area contributed by atoms with E-state index in [1.54, 1.807) is 38.2 Å². The van der Waals surface area contributed by atoms with E-state index in [1.165, 1.54) is 13.2 Å². The van der Waals surface area contributed by atoms with Gasteiger partial charge >= 0.3 is 5.97 Å². The zero-order valence-electron chi connectivity index (χ0n) is 17.3. The van der Waals surface area contributed by atoms with E-state index in [-0.39, 0.29) is 5.57 Å². The number of aliphatic hydroxyl groups is 2. The van der Waals surface area contributed by atoms with Crippen LogP contribution in [0.15, 0.2) is 70.3 Å². The number of esters is 1. The average Bonchev–Trinajstić information content (AvgIpc) is 2.90. The van der Waals surface area contributed by atoms with Crippen molar-refractivity contribution >= 4 is 11.8 Å². The van der Waals surface area contributed by atoms with Gasteiger partial charge in [-0.25, -0.2) is 4.79 Å². The fourth-order valence-corrected chi connectivity index (χ4v) is 3.62. The number of fused-ring (bicyclic) bond motifs is 2. The largest absolute Gasteiger partial charge is 0.465 e. The number of Topliss-reactive ketones (excluding diaryl/α,β-unsaturated/α-hetero) is 1.